The molecule has 5 heteroatoms. The maximum Gasteiger partial charge on any atom is 0.197 e. The number of aliphatic hydroxyl groups excluding tert-OH is 1. The van der Waals surface area contributed by atoms with Crippen LogP contribution in [-0.4, -0.2) is 28.5 Å². The SMILES string of the molecule is Cc1cnc(CCON=C2CC[C@@]3(C)C(CCC4C3CC[C@@]3(C)C4CC[C@@H]3O)C2)o1. The number of aryl methyl sites for hydroxylation is 1. The first kappa shape index (κ1) is 20.5. The van der Waals surface area contributed by atoms with Crippen molar-refractivity contribution < 1.29 is 14.4 Å². The van der Waals surface area contributed by atoms with Gasteiger partial charge in [-0.2, -0.15) is 0 Å². The molecule has 0 aromatic carbocycles. The van der Waals surface area contributed by atoms with E-state index in [0.29, 0.717) is 18.4 Å². The average molecular weight is 415 g/mol. The molecule has 7 atom stereocenters. The summed E-state index contributed by atoms with van der Waals surface area (Å²) in [7, 11) is 0. The molecule has 0 saturated heterocycles. The number of aromatic nitrogens is 1. The number of hydrogen-bond acceptors (Lipinski definition) is 5. The number of aliphatic hydroxyl groups is 1. The zero-order valence-corrected chi connectivity index (χ0v) is 18.9. The minimum Gasteiger partial charge on any atom is -0.446 e. The zero-order valence-electron chi connectivity index (χ0n) is 18.9. The predicted octanol–water partition coefficient (Wildman–Crippen LogP) is 5.30. The van der Waals surface area contributed by atoms with E-state index in [4.69, 9.17) is 9.25 Å². The van der Waals surface area contributed by atoms with Crippen molar-refractivity contribution in [2.75, 3.05) is 6.61 Å². The molecule has 4 fully saturated rings. The maximum absolute atomic E-state index is 10.6. The first-order valence-electron chi connectivity index (χ1n) is 12.2. The van der Waals surface area contributed by atoms with Gasteiger partial charge in [0.1, 0.15) is 12.4 Å². The van der Waals surface area contributed by atoms with Crippen molar-refractivity contribution in [3.8, 4) is 0 Å². The van der Waals surface area contributed by atoms with Crippen LogP contribution in [0.5, 0.6) is 0 Å². The molecule has 30 heavy (non-hydrogen) atoms. The van der Waals surface area contributed by atoms with Crippen molar-refractivity contribution in [2.45, 2.75) is 91.1 Å². The van der Waals surface area contributed by atoms with Crippen LogP contribution in [0.2, 0.25) is 0 Å². The minimum absolute atomic E-state index is 0.0727. The number of nitrogens with zero attached hydrogens (tertiary/aromatic N) is 2. The topological polar surface area (TPSA) is 67.9 Å². The molecule has 4 aliphatic rings. The molecule has 0 bridgehead atoms. The van der Waals surface area contributed by atoms with Gasteiger partial charge in [0.2, 0.25) is 0 Å². The van der Waals surface area contributed by atoms with Crippen molar-refractivity contribution >= 4 is 5.71 Å². The van der Waals surface area contributed by atoms with Crippen LogP contribution in [0, 0.1) is 41.4 Å². The lowest BCUT2D eigenvalue weighted by molar-refractivity contribution is -0.112. The van der Waals surface area contributed by atoms with Gasteiger partial charge < -0.3 is 14.4 Å². The van der Waals surface area contributed by atoms with E-state index in [1.54, 1.807) is 6.20 Å². The van der Waals surface area contributed by atoms with Crippen molar-refractivity contribution in [1.29, 1.82) is 0 Å². The molecule has 4 saturated carbocycles. The highest BCUT2D eigenvalue weighted by molar-refractivity contribution is 5.85. The molecule has 1 aromatic heterocycles. The lowest BCUT2D eigenvalue weighted by Gasteiger charge is -2.60. The van der Waals surface area contributed by atoms with Gasteiger partial charge in [-0.3, -0.25) is 0 Å². The molecule has 1 N–H and O–H groups in total. The fourth-order valence-electron chi connectivity index (χ4n) is 7.90. The molecular weight excluding hydrogens is 376 g/mol. The summed E-state index contributed by atoms with van der Waals surface area (Å²) in [5, 5.41) is 15.2. The molecule has 5 rings (SSSR count). The standard InChI is InChI=1S/C25H38N2O3/c1-16-15-26-23(30-16)10-13-29-27-18-8-11-24(2)17(14-18)4-5-19-20-6-7-22(28)25(20,3)12-9-21(19)24/h15,17,19-22,28H,4-14H2,1-3H3/t17?,19?,20?,21?,22-,24-,25-/m0/s1. The summed E-state index contributed by atoms with van der Waals surface area (Å²) in [5.74, 6) is 4.69. The van der Waals surface area contributed by atoms with Gasteiger partial charge in [-0.15, -0.1) is 0 Å². The summed E-state index contributed by atoms with van der Waals surface area (Å²) in [6.07, 6.45) is 13.2. The highest BCUT2D eigenvalue weighted by Crippen LogP contribution is 2.65. The molecule has 0 amide bonds. The van der Waals surface area contributed by atoms with E-state index < -0.39 is 0 Å². The number of oxazole rings is 1. The van der Waals surface area contributed by atoms with Gasteiger partial charge in [-0.05, 0) is 99.2 Å². The Kier molecular flexibility index (Phi) is 5.24. The third-order valence-electron chi connectivity index (χ3n) is 9.72. The monoisotopic (exact) mass is 414 g/mol. The van der Waals surface area contributed by atoms with Crippen molar-refractivity contribution in [1.82, 2.24) is 4.98 Å². The minimum atomic E-state index is -0.0727. The second kappa shape index (κ2) is 7.65. The van der Waals surface area contributed by atoms with Crippen LogP contribution in [0.1, 0.15) is 83.3 Å². The summed E-state index contributed by atoms with van der Waals surface area (Å²) in [6.45, 7) is 7.39. The summed E-state index contributed by atoms with van der Waals surface area (Å²) in [5.41, 5.74) is 1.87. The summed E-state index contributed by atoms with van der Waals surface area (Å²) < 4.78 is 5.50. The molecular formula is C25H38N2O3. The Balaban J connectivity index is 1.21. The molecule has 1 aromatic rings. The largest absolute Gasteiger partial charge is 0.446 e. The first-order chi connectivity index (χ1) is 14.4. The molecule has 0 aliphatic heterocycles. The van der Waals surface area contributed by atoms with E-state index in [2.05, 4.69) is 24.0 Å². The number of rotatable bonds is 4. The van der Waals surface area contributed by atoms with Gasteiger partial charge >= 0.3 is 0 Å². The Hall–Kier alpha value is -1.36. The van der Waals surface area contributed by atoms with Crippen LogP contribution in [-0.2, 0) is 11.3 Å². The number of oxime groups is 1. The fourth-order valence-corrected chi connectivity index (χ4v) is 7.90. The normalized spacial score (nSPS) is 44.4. The quantitative estimate of drug-likeness (QED) is 0.536. The van der Waals surface area contributed by atoms with Gasteiger partial charge in [-0.1, -0.05) is 19.0 Å². The zero-order chi connectivity index (χ0) is 20.9. The summed E-state index contributed by atoms with van der Waals surface area (Å²) >= 11 is 0. The second-order valence-electron chi connectivity index (χ2n) is 11.1. The van der Waals surface area contributed by atoms with Gasteiger partial charge in [-0.25, -0.2) is 4.98 Å². The maximum atomic E-state index is 10.6. The number of fused-ring (bicyclic) bond motifs is 5. The van der Waals surface area contributed by atoms with Crippen molar-refractivity contribution in [3.63, 3.8) is 0 Å². The average Bonchev–Trinajstić information content (AvgIpc) is 3.28. The van der Waals surface area contributed by atoms with Crippen molar-refractivity contribution in [2.24, 2.45) is 39.7 Å². The molecule has 1 heterocycles. The Bertz CT molecular complexity index is 804. The summed E-state index contributed by atoms with van der Waals surface area (Å²) in [6, 6.07) is 0. The van der Waals surface area contributed by atoms with Gasteiger partial charge in [0.25, 0.3) is 0 Å². The highest BCUT2D eigenvalue weighted by Gasteiger charge is 2.59. The van der Waals surface area contributed by atoms with Gasteiger partial charge in [0.15, 0.2) is 5.89 Å². The highest BCUT2D eigenvalue weighted by atomic mass is 16.6. The van der Waals surface area contributed by atoms with Gasteiger partial charge in [0.05, 0.1) is 24.4 Å². The van der Waals surface area contributed by atoms with E-state index in [-0.39, 0.29) is 11.5 Å². The van der Waals surface area contributed by atoms with E-state index in [9.17, 15) is 5.11 Å². The van der Waals surface area contributed by atoms with Crippen LogP contribution in [0.4, 0.5) is 0 Å². The molecule has 5 nitrogen and oxygen atoms in total. The van der Waals surface area contributed by atoms with E-state index in [0.717, 1.165) is 54.6 Å². The predicted molar refractivity (Wildman–Crippen MR) is 116 cm³/mol. The third kappa shape index (κ3) is 3.32. The van der Waals surface area contributed by atoms with Crippen LogP contribution < -0.4 is 0 Å². The Morgan fingerprint density at radius 3 is 2.77 bits per heavy atom. The van der Waals surface area contributed by atoms with Crippen LogP contribution in [0.15, 0.2) is 15.8 Å². The van der Waals surface area contributed by atoms with Crippen LogP contribution >= 0.6 is 0 Å². The van der Waals surface area contributed by atoms with Crippen molar-refractivity contribution in [3.05, 3.63) is 17.8 Å². The third-order valence-corrected chi connectivity index (χ3v) is 9.72. The van der Waals surface area contributed by atoms with E-state index in [1.165, 1.54) is 44.2 Å². The Morgan fingerprint density at radius 2 is 1.97 bits per heavy atom. The molecule has 0 radical (unpaired) electrons. The van der Waals surface area contributed by atoms with Crippen LogP contribution in [0.25, 0.3) is 0 Å². The van der Waals surface area contributed by atoms with E-state index >= 15 is 0 Å². The summed E-state index contributed by atoms with van der Waals surface area (Å²) in [4.78, 5) is 9.87. The first-order valence-corrected chi connectivity index (χ1v) is 12.2. The fraction of sp³-hybridized carbons (Fsp3) is 0.840. The van der Waals surface area contributed by atoms with Gasteiger partial charge in [0, 0.05) is 0 Å². The number of hydrogen-bond donors (Lipinski definition) is 1. The molecule has 4 aliphatic carbocycles. The Morgan fingerprint density at radius 1 is 1.13 bits per heavy atom. The lowest BCUT2D eigenvalue weighted by Crippen LogP contribution is -2.54. The molecule has 0 spiro atoms. The molecule has 166 valence electrons. The van der Waals surface area contributed by atoms with E-state index in [1.807, 2.05) is 6.92 Å². The Labute approximate surface area is 180 Å². The lowest BCUT2D eigenvalue weighted by atomic mass is 9.45. The smallest absolute Gasteiger partial charge is 0.197 e. The molecule has 4 unspecified atom stereocenters. The second-order valence-corrected chi connectivity index (χ2v) is 11.1. The van der Waals surface area contributed by atoms with Crippen LogP contribution in [0.3, 0.4) is 0 Å².